The summed E-state index contributed by atoms with van der Waals surface area (Å²) in [6.07, 6.45) is 0. The van der Waals surface area contributed by atoms with Crippen molar-refractivity contribution in [3.8, 4) is 0 Å². The van der Waals surface area contributed by atoms with Crippen LogP contribution < -0.4 is 5.32 Å². The molecule has 1 amide bonds. The fraction of sp³-hybridized carbons (Fsp3) is 0.222. The van der Waals surface area contributed by atoms with E-state index in [2.05, 4.69) is 34.0 Å². The van der Waals surface area contributed by atoms with Gasteiger partial charge in [-0.05, 0) is 53.3 Å². The van der Waals surface area contributed by atoms with E-state index in [9.17, 15) is 4.79 Å². The third-order valence-electron chi connectivity index (χ3n) is 1.36. The molecule has 0 aliphatic heterocycles. The summed E-state index contributed by atoms with van der Waals surface area (Å²) in [5, 5.41) is 2.74. The zero-order valence-corrected chi connectivity index (χ0v) is 9.18. The van der Waals surface area contributed by atoms with Crippen molar-refractivity contribution in [2.24, 2.45) is 0 Å². The van der Waals surface area contributed by atoms with Crippen LogP contribution in [0, 0.1) is 10.5 Å². The molecule has 0 aliphatic rings. The van der Waals surface area contributed by atoms with E-state index < -0.39 is 0 Å². The van der Waals surface area contributed by atoms with Gasteiger partial charge in [0.2, 0.25) is 5.91 Å². The summed E-state index contributed by atoms with van der Waals surface area (Å²) in [7, 11) is 0. The first-order valence-corrected chi connectivity index (χ1v) is 4.70. The first-order valence-electron chi connectivity index (χ1n) is 3.63. The van der Waals surface area contributed by atoms with Crippen LogP contribution in [0.4, 0.5) is 5.69 Å². The predicted octanol–water partition coefficient (Wildman–Crippen LogP) is 2.56. The van der Waals surface area contributed by atoms with E-state index in [4.69, 9.17) is 0 Å². The summed E-state index contributed by atoms with van der Waals surface area (Å²) >= 11 is 2.23. The second kappa shape index (κ2) is 3.89. The first kappa shape index (κ1) is 9.51. The van der Waals surface area contributed by atoms with Crippen LogP contribution in [0.25, 0.3) is 0 Å². The molecule has 0 fully saturated rings. The van der Waals surface area contributed by atoms with E-state index in [1.165, 1.54) is 6.92 Å². The van der Waals surface area contributed by atoms with Crippen molar-refractivity contribution in [1.29, 1.82) is 0 Å². The number of hydrogen-bond donors (Lipinski definition) is 1. The minimum Gasteiger partial charge on any atom is -0.326 e. The van der Waals surface area contributed by atoms with Gasteiger partial charge >= 0.3 is 0 Å². The molecule has 0 radical (unpaired) electrons. The second-order valence-corrected chi connectivity index (χ2v) is 3.94. The molecule has 0 atom stereocenters. The molecule has 0 saturated heterocycles. The summed E-state index contributed by atoms with van der Waals surface area (Å²) < 4.78 is 1.14. The number of benzene rings is 1. The number of carbonyl (C=O) groups is 1. The molecule has 0 spiro atoms. The van der Waals surface area contributed by atoms with Crippen molar-refractivity contribution in [2.45, 2.75) is 13.8 Å². The van der Waals surface area contributed by atoms with Crippen LogP contribution in [0.15, 0.2) is 18.2 Å². The van der Waals surface area contributed by atoms with Crippen LogP contribution in [0.2, 0.25) is 0 Å². The van der Waals surface area contributed by atoms with Crippen molar-refractivity contribution < 1.29 is 4.79 Å². The summed E-state index contributed by atoms with van der Waals surface area (Å²) in [5.74, 6) is -0.0311. The molecule has 1 N–H and O–H groups in total. The topological polar surface area (TPSA) is 29.1 Å². The highest BCUT2D eigenvalue weighted by molar-refractivity contribution is 14.1. The maximum Gasteiger partial charge on any atom is 0.221 e. The Kier molecular flexibility index (Phi) is 3.08. The number of amides is 1. The lowest BCUT2D eigenvalue weighted by Crippen LogP contribution is -2.05. The van der Waals surface area contributed by atoms with Crippen LogP contribution in [0.5, 0.6) is 0 Å². The quantitative estimate of drug-likeness (QED) is 0.784. The van der Waals surface area contributed by atoms with Crippen molar-refractivity contribution in [1.82, 2.24) is 0 Å². The number of rotatable bonds is 1. The number of aryl methyl sites for hydroxylation is 1. The van der Waals surface area contributed by atoms with Crippen molar-refractivity contribution in [3.05, 3.63) is 27.3 Å². The Morgan fingerprint density at radius 2 is 2.08 bits per heavy atom. The van der Waals surface area contributed by atoms with Gasteiger partial charge in [0, 0.05) is 16.2 Å². The molecule has 0 aromatic heterocycles. The van der Waals surface area contributed by atoms with Crippen molar-refractivity contribution in [2.75, 3.05) is 5.32 Å². The molecule has 0 saturated carbocycles. The zero-order chi connectivity index (χ0) is 9.14. The Balaban J connectivity index is 2.93. The van der Waals surface area contributed by atoms with Gasteiger partial charge in [0.05, 0.1) is 0 Å². The van der Waals surface area contributed by atoms with Gasteiger partial charge < -0.3 is 5.32 Å². The van der Waals surface area contributed by atoms with E-state index >= 15 is 0 Å². The molecular formula is C9H10INO. The van der Waals surface area contributed by atoms with Crippen LogP contribution in [0.1, 0.15) is 12.5 Å². The average molecular weight is 275 g/mol. The molecule has 12 heavy (non-hydrogen) atoms. The molecule has 3 heteroatoms. The van der Waals surface area contributed by atoms with Crippen molar-refractivity contribution >= 4 is 34.2 Å². The second-order valence-electron chi connectivity index (χ2n) is 2.70. The summed E-state index contributed by atoms with van der Waals surface area (Å²) in [6.45, 7) is 3.52. The molecule has 1 aromatic rings. The molecular weight excluding hydrogens is 265 g/mol. The standard InChI is InChI=1S/C9H10INO/c1-6-3-8(10)5-9(4-6)11-7(2)12/h3-5H,1-2H3,(H,11,12). The van der Waals surface area contributed by atoms with E-state index in [-0.39, 0.29) is 5.91 Å². The van der Waals surface area contributed by atoms with Crippen LogP contribution in [0.3, 0.4) is 0 Å². The Bertz CT molecular complexity index is 289. The summed E-state index contributed by atoms with van der Waals surface area (Å²) in [6, 6.07) is 5.95. The molecule has 0 bridgehead atoms. The average Bonchev–Trinajstić information content (AvgIpc) is 1.81. The van der Waals surface area contributed by atoms with Gasteiger partial charge in [0.15, 0.2) is 0 Å². The Labute approximate surface area is 85.5 Å². The van der Waals surface area contributed by atoms with Crippen molar-refractivity contribution in [3.63, 3.8) is 0 Å². The van der Waals surface area contributed by atoms with Gasteiger partial charge in [-0.15, -0.1) is 0 Å². The number of anilines is 1. The smallest absolute Gasteiger partial charge is 0.221 e. The third kappa shape index (κ3) is 2.81. The molecule has 0 unspecified atom stereocenters. The minimum atomic E-state index is -0.0311. The molecule has 64 valence electrons. The number of carbonyl (C=O) groups excluding carboxylic acids is 1. The largest absolute Gasteiger partial charge is 0.326 e. The van der Waals surface area contributed by atoms with Gasteiger partial charge in [-0.1, -0.05) is 0 Å². The lowest BCUT2D eigenvalue weighted by molar-refractivity contribution is -0.114. The Morgan fingerprint density at radius 1 is 1.42 bits per heavy atom. The molecule has 1 aromatic carbocycles. The van der Waals surface area contributed by atoms with Crippen LogP contribution >= 0.6 is 22.6 Å². The van der Waals surface area contributed by atoms with Gasteiger partial charge in [0.25, 0.3) is 0 Å². The zero-order valence-electron chi connectivity index (χ0n) is 7.02. The molecule has 0 heterocycles. The van der Waals surface area contributed by atoms with Gasteiger partial charge in [0.1, 0.15) is 0 Å². The Hall–Kier alpha value is -0.580. The SMILES string of the molecule is CC(=O)Nc1cc(C)cc(I)c1. The van der Waals surface area contributed by atoms with E-state index in [0.29, 0.717) is 0 Å². The van der Waals surface area contributed by atoms with Gasteiger partial charge in [-0.2, -0.15) is 0 Å². The lowest BCUT2D eigenvalue weighted by atomic mass is 10.2. The van der Waals surface area contributed by atoms with E-state index in [1.807, 2.05) is 19.1 Å². The molecule has 0 aliphatic carbocycles. The normalized spacial score (nSPS) is 9.58. The van der Waals surface area contributed by atoms with Gasteiger partial charge in [-0.25, -0.2) is 0 Å². The molecule has 2 nitrogen and oxygen atoms in total. The van der Waals surface area contributed by atoms with E-state index in [0.717, 1.165) is 14.8 Å². The highest BCUT2D eigenvalue weighted by Gasteiger charge is 1.97. The third-order valence-corrected chi connectivity index (χ3v) is 1.99. The number of nitrogens with one attached hydrogen (secondary N) is 1. The highest BCUT2D eigenvalue weighted by atomic mass is 127. The fourth-order valence-electron chi connectivity index (χ4n) is 1.01. The number of hydrogen-bond acceptors (Lipinski definition) is 1. The maximum absolute atomic E-state index is 10.7. The summed E-state index contributed by atoms with van der Waals surface area (Å²) in [5.41, 5.74) is 2.03. The number of halogens is 1. The van der Waals surface area contributed by atoms with Crippen LogP contribution in [-0.2, 0) is 4.79 Å². The van der Waals surface area contributed by atoms with Crippen LogP contribution in [-0.4, -0.2) is 5.91 Å². The van der Waals surface area contributed by atoms with Gasteiger partial charge in [-0.3, -0.25) is 4.79 Å². The Morgan fingerprint density at radius 3 is 2.58 bits per heavy atom. The molecule has 1 rings (SSSR count). The predicted molar refractivity (Wildman–Crippen MR) is 58.2 cm³/mol. The van der Waals surface area contributed by atoms with E-state index in [1.54, 1.807) is 0 Å². The fourth-order valence-corrected chi connectivity index (χ4v) is 1.84. The minimum absolute atomic E-state index is 0.0311. The maximum atomic E-state index is 10.7. The lowest BCUT2D eigenvalue weighted by Gasteiger charge is -2.03. The highest BCUT2D eigenvalue weighted by Crippen LogP contribution is 2.15. The summed E-state index contributed by atoms with van der Waals surface area (Å²) in [4.78, 5) is 10.7. The first-order chi connectivity index (χ1) is 5.58. The monoisotopic (exact) mass is 275 g/mol.